The number of methoxy groups -OCH3 is 1. The van der Waals surface area contributed by atoms with Crippen LogP contribution in [0.25, 0.3) is 0 Å². The molecule has 0 spiro atoms. The topological polar surface area (TPSA) is 61.9 Å². The summed E-state index contributed by atoms with van der Waals surface area (Å²) in [6, 6.07) is 22.8. The van der Waals surface area contributed by atoms with Crippen molar-refractivity contribution in [1.82, 2.24) is 4.90 Å². The Morgan fingerprint density at radius 2 is 1.58 bits per heavy atom. The Kier molecular flexibility index (Phi) is 7.29. The summed E-state index contributed by atoms with van der Waals surface area (Å²) in [6.07, 6.45) is 0.399. The van der Waals surface area contributed by atoms with E-state index in [2.05, 4.69) is 26.1 Å². The van der Waals surface area contributed by atoms with Crippen molar-refractivity contribution in [3.8, 4) is 5.75 Å². The van der Waals surface area contributed by atoms with Crippen molar-refractivity contribution in [1.29, 1.82) is 0 Å². The van der Waals surface area contributed by atoms with Gasteiger partial charge in [0.1, 0.15) is 5.75 Å². The van der Waals surface area contributed by atoms with E-state index in [1.807, 2.05) is 71.6 Å². The number of carbonyl (C=O) groups is 2. The second kappa shape index (κ2) is 10.5. The van der Waals surface area contributed by atoms with Gasteiger partial charge >= 0.3 is 0 Å². The monoisotopic (exact) mass is 507 g/mol. The predicted octanol–water partition coefficient (Wildman–Crippen LogP) is 4.60. The first-order chi connectivity index (χ1) is 16.0. The van der Waals surface area contributed by atoms with Crippen LogP contribution < -0.4 is 15.0 Å². The van der Waals surface area contributed by atoms with Gasteiger partial charge in [-0.1, -0.05) is 24.3 Å². The first-order valence-corrected chi connectivity index (χ1v) is 11.6. The molecule has 7 heteroatoms. The molecule has 33 heavy (non-hydrogen) atoms. The van der Waals surface area contributed by atoms with Gasteiger partial charge in [0, 0.05) is 42.0 Å². The minimum atomic E-state index is -0.154. The fourth-order valence-corrected chi connectivity index (χ4v) is 4.31. The number of nitrogens with one attached hydrogen (secondary N) is 1. The normalized spacial score (nSPS) is 13.5. The van der Waals surface area contributed by atoms with E-state index < -0.39 is 0 Å². The number of benzene rings is 3. The van der Waals surface area contributed by atoms with Gasteiger partial charge in [-0.05, 0) is 70.0 Å². The van der Waals surface area contributed by atoms with E-state index >= 15 is 0 Å². The molecule has 0 saturated carbocycles. The summed E-state index contributed by atoms with van der Waals surface area (Å²) in [6.45, 7) is 2.93. The summed E-state index contributed by atoms with van der Waals surface area (Å²) < 4.78 is 5.93. The third kappa shape index (κ3) is 5.73. The van der Waals surface area contributed by atoms with Crippen LogP contribution in [0.2, 0.25) is 0 Å². The minimum Gasteiger partial charge on any atom is -0.497 e. The van der Waals surface area contributed by atoms with Gasteiger partial charge in [-0.25, -0.2) is 0 Å². The highest BCUT2D eigenvalue weighted by Gasteiger charge is 2.21. The zero-order valence-corrected chi connectivity index (χ0v) is 20.0. The van der Waals surface area contributed by atoms with Crippen LogP contribution in [0.1, 0.15) is 15.9 Å². The highest BCUT2D eigenvalue weighted by atomic mass is 79.9. The van der Waals surface area contributed by atoms with Crippen molar-refractivity contribution in [2.24, 2.45) is 0 Å². The lowest BCUT2D eigenvalue weighted by Crippen LogP contribution is -2.49. The van der Waals surface area contributed by atoms with Gasteiger partial charge < -0.3 is 19.9 Å². The lowest BCUT2D eigenvalue weighted by molar-refractivity contribution is -0.130. The molecule has 1 aliphatic heterocycles. The Balaban J connectivity index is 1.29. The number of amides is 2. The molecule has 4 rings (SSSR count). The maximum atomic E-state index is 12.7. The average Bonchev–Trinajstić information content (AvgIpc) is 2.85. The van der Waals surface area contributed by atoms with Gasteiger partial charge in [-0.3, -0.25) is 9.59 Å². The number of anilines is 2. The van der Waals surface area contributed by atoms with Crippen molar-refractivity contribution in [2.45, 2.75) is 6.42 Å². The van der Waals surface area contributed by atoms with Gasteiger partial charge in [0.25, 0.3) is 5.91 Å². The van der Waals surface area contributed by atoms with Crippen molar-refractivity contribution < 1.29 is 14.3 Å². The molecule has 3 aromatic carbocycles. The first-order valence-electron chi connectivity index (χ1n) is 10.8. The Bertz CT molecular complexity index is 1110. The molecule has 1 N–H and O–H groups in total. The molecule has 0 aliphatic carbocycles. The third-order valence-electron chi connectivity index (χ3n) is 5.76. The lowest BCUT2D eigenvalue weighted by atomic mass is 10.1. The van der Waals surface area contributed by atoms with Crippen LogP contribution in [0.3, 0.4) is 0 Å². The summed E-state index contributed by atoms with van der Waals surface area (Å²) >= 11 is 3.41. The zero-order chi connectivity index (χ0) is 23.2. The number of carbonyl (C=O) groups excluding carboxylic acids is 2. The standard InChI is InChI=1S/C26H26BrN3O3/c1-33-22-12-6-19(7-13-22)18-25(31)30-16-14-29(15-17-30)21-10-8-20(9-11-21)28-26(32)23-4-2-3-5-24(23)27/h2-13H,14-18H2,1H3,(H,28,32). The summed E-state index contributed by atoms with van der Waals surface area (Å²) in [7, 11) is 1.63. The molecular weight excluding hydrogens is 482 g/mol. The van der Waals surface area contributed by atoms with E-state index in [0.717, 1.165) is 40.2 Å². The van der Waals surface area contributed by atoms with Gasteiger partial charge in [0.05, 0.1) is 19.1 Å². The van der Waals surface area contributed by atoms with Crippen LogP contribution >= 0.6 is 15.9 Å². The van der Waals surface area contributed by atoms with Crippen LogP contribution in [-0.4, -0.2) is 50.0 Å². The molecule has 0 radical (unpaired) electrons. The number of rotatable bonds is 6. The van der Waals surface area contributed by atoms with Crippen molar-refractivity contribution in [3.05, 3.63) is 88.4 Å². The van der Waals surface area contributed by atoms with Crippen molar-refractivity contribution >= 4 is 39.1 Å². The molecule has 1 aliphatic rings. The molecule has 1 fully saturated rings. The number of hydrogen-bond donors (Lipinski definition) is 1. The number of halogens is 1. The minimum absolute atomic E-state index is 0.143. The first kappa shape index (κ1) is 22.9. The van der Waals surface area contributed by atoms with Crippen LogP contribution in [0.4, 0.5) is 11.4 Å². The molecular formula is C26H26BrN3O3. The van der Waals surface area contributed by atoms with Crippen molar-refractivity contribution in [2.75, 3.05) is 43.5 Å². The highest BCUT2D eigenvalue weighted by Crippen LogP contribution is 2.22. The maximum absolute atomic E-state index is 12.7. The molecule has 2 amide bonds. The highest BCUT2D eigenvalue weighted by molar-refractivity contribution is 9.10. The second-order valence-corrected chi connectivity index (χ2v) is 8.73. The van der Waals surface area contributed by atoms with Gasteiger partial charge in [-0.2, -0.15) is 0 Å². The lowest BCUT2D eigenvalue weighted by Gasteiger charge is -2.36. The third-order valence-corrected chi connectivity index (χ3v) is 6.45. The van der Waals surface area contributed by atoms with E-state index in [1.165, 1.54) is 0 Å². The Morgan fingerprint density at radius 3 is 2.21 bits per heavy atom. The number of piperazine rings is 1. The Hall–Kier alpha value is -3.32. The van der Waals surface area contributed by atoms with Crippen LogP contribution in [-0.2, 0) is 11.2 Å². The quantitative estimate of drug-likeness (QED) is 0.529. The molecule has 0 bridgehead atoms. The van der Waals surface area contributed by atoms with Crippen molar-refractivity contribution in [3.63, 3.8) is 0 Å². The SMILES string of the molecule is COc1ccc(CC(=O)N2CCN(c3ccc(NC(=O)c4ccccc4Br)cc3)CC2)cc1. The zero-order valence-electron chi connectivity index (χ0n) is 18.5. The van der Waals surface area contributed by atoms with E-state index in [1.54, 1.807) is 13.2 Å². The predicted molar refractivity (Wildman–Crippen MR) is 134 cm³/mol. The molecule has 170 valence electrons. The fraction of sp³-hybridized carbons (Fsp3) is 0.231. The fourth-order valence-electron chi connectivity index (χ4n) is 3.84. The largest absolute Gasteiger partial charge is 0.497 e. The van der Waals surface area contributed by atoms with Crippen LogP contribution in [0, 0.1) is 0 Å². The smallest absolute Gasteiger partial charge is 0.256 e. The Labute approximate surface area is 202 Å². The van der Waals surface area contributed by atoms with E-state index in [0.29, 0.717) is 25.1 Å². The number of nitrogens with zero attached hydrogens (tertiary/aromatic N) is 2. The average molecular weight is 508 g/mol. The number of ether oxygens (including phenoxy) is 1. The molecule has 1 heterocycles. The Morgan fingerprint density at radius 1 is 0.909 bits per heavy atom. The summed E-state index contributed by atoms with van der Waals surface area (Å²) in [5.41, 5.74) is 3.41. The van der Waals surface area contributed by atoms with Gasteiger partial charge in [-0.15, -0.1) is 0 Å². The molecule has 6 nitrogen and oxygen atoms in total. The van der Waals surface area contributed by atoms with E-state index in [9.17, 15) is 9.59 Å². The summed E-state index contributed by atoms with van der Waals surface area (Å²) in [4.78, 5) is 29.4. The van der Waals surface area contributed by atoms with E-state index in [4.69, 9.17) is 4.74 Å². The van der Waals surface area contributed by atoms with Gasteiger partial charge in [0.2, 0.25) is 5.91 Å². The molecule has 3 aromatic rings. The molecule has 0 atom stereocenters. The molecule has 1 saturated heterocycles. The maximum Gasteiger partial charge on any atom is 0.256 e. The van der Waals surface area contributed by atoms with Gasteiger partial charge in [0.15, 0.2) is 0 Å². The van der Waals surface area contributed by atoms with E-state index in [-0.39, 0.29) is 11.8 Å². The summed E-state index contributed by atoms with van der Waals surface area (Å²) in [5.74, 6) is 0.780. The second-order valence-electron chi connectivity index (χ2n) is 7.87. The molecule has 0 aromatic heterocycles. The van der Waals surface area contributed by atoms with Crippen LogP contribution in [0.15, 0.2) is 77.3 Å². The summed E-state index contributed by atoms with van der Waals surface area (Å²) in [5, 5.41) is 2.93. The number of hydrogen-bond acceptors (Lipinski definition) is 4. The molecule has 0 unspecified atom stereocenters. The van der Waals surface area contributed by atoms with Crippen LogP contribution in [0.5, 0.6) is 5.75 Å².